The molecule has 14 heteroatoms. The van der Waals surface area contributed by atoms with Gasteiger partial charge in [0.15, 0.2) is 29.6 Å². The van der Waals surface area contributed by atoms with Crippen molar-refractivity contribution in [2.45, 2.75) is 31.9 Å². The van der Waals surface area contributed by atoms with E-state index in [-0.39, 0.29) is 41.9 Å². The second-order valence-corrected chi connectivity index (χ2v) is 10.6. The summed E-state index contributed by atoms with van der Waals surface area (Å²) >= 11 is 0. The van der Waals surface area contributed by atoms with Gasteiger partial charge < -0.3 is 31.1 Å². The molecule has 0 unspecified atom stereocenters. The van der Waals surface area contributed by atoms with Crippen LogP contribution in [0.3, 0.4) is 0 Å². The topological polar surface area (TPSA) is 166 Å². The molecule has 5 N–H and O–H groups in total. The molecule has 1 aliphatic rings. The number of carbonyl (C=O) groups excluding carboxylic acids is 2. The van der Waals surface area contributed by atoms with E-state index in [0.29, 0.717) is 41.2 Å². The lowest BCUT2D eigenvalue weighted by Gasteiger charge is -2.15. The van der Waals surface area contributed by atoms with Gasteiger partial charge in [-0.05, 0) is 49.7 Å². The Morgan fingerprint density at radius 3 is 2.73 bits per heavy atom. The number of ether oxygens (including phenoxy) is 1. The van der Waals surface area contributed by atoms with E-state index in [9.17, 15) is 23.5 Å². The van der Waals surface area contributed by atoms with Gasteiger partial charge >= 0.3 is 0 Å². The second-order valence-electron chi connectivity index (χ2n) is 10.6. The van der Waals surface area contributed by atoms with Gasteiger partial charge in [-0.2, -0.15) is 9.65 Å². The first-order valence-electron chi connectivity index (χ1n) is 13.8. The Morgan fingerprint density at radius 1 is 1.20 bits per heavy atom. The van der Waals surface area contributed by atoms with Crippen molar-refractivity contribution in [3.05, 3.63) is 71.7 Å². The molecular weight excluding hydrogens is 574 g/mol. The highest BCUT2D eigenvalue weighted by atomic mass is 19.2. The zero-order chi connectivity index (χ0) is 31.4. The van der Waals surface area contributed by atoms with Crippen LogP contribution in [-0.4, -0.2) is 69.2 Å². The molecule has 1 saturated heterocycles. The third-order valence-corrected chi connectivity index (χ3v) is 7.18. The minimum absolute atomic E-state index is 0.0504. The van der Waals surface area contributed by atoms with E-state index in [2.05, 4.69) is 31.2 Å². The Hall–Kier alpha value is -5.13. The van der Waals surface area contributed by atoms with Crippen LogP contribution >= 0.6 is 0 Å². The average Bonchev–Trinajstić information content (AvgIpc) is 3.59. The summed E-state index contributed by atoms with van der Waals surface area (Å²) in [5.41, 5.74) is 1.41. The highest BCUT2D eigenvalue weighted by Crippen LogP contribution is 2.32. The Bertz CT molecular complexity index is 1770. The number of benzene rings is 2. The molecule has 44 heavy (non-hydrogen) atoms. The van der Waals surface area contributed by atoms with Crippen LogP contribution in [0.5, 0.6) is 5.75 Å². The predicted molar refractivity (Wildman–Crippen MR) is 156 cm³/mol. The van der Waals surface area contributed by atoms with Gasteiger partial charge in [0.05, 0.1) is 23.5 Å². The molecule has 5 rings (SSSR count). The number of nitrogens with one attached hydrogen (secondary N) is 4. The van der Waals surface area contributed by atoms with Crippen molar-refractivity contribution in [3.63, 3.8) is 0 Å². The lowest BCUT2D eigenvalue weighted by molar-refractivity contribution is -0.123. The van der Waals surface area contributed by atoms with E-state index >= 15 is 0 Å². The number of carbonyl (C=O) groups is 2. The first kappa shape index (κ1) is 30.3. The van der Waals surface area contributed by atoms with Crippen LogP contribution in [0.4, 0.5) is 20.3 Å². The first-order valence-corrected chi connectivity index (χ1v) is 13.8. The van der Waals surface area contributed by atoms with Crippen molar-refractivity contribution in [2.24, 2.45) is 0 Å². The van der Waals surface area contributed by atoms with Crippen molar-refractivity contribution in [3.8, 4) is 23.1 Å². The van der Waals surface area contributed by atoms with Crippen LogP contribution in [0.25, 0.3) is 16.9 Å². The van der Waals surface area contributed by atoms with Crippen molar-refractivity contribution >= 4 is 29.0 Å². The molecule has 2 aromatic heterocycles. The van der Waals surface area contributed by atoms with Crippen LogP contribution in [0, 0.1) is 29.9 Å². The fourth-order valence-electron chi connectivity index (χ4n) is 4.98. The number of aliphatic hydroxyl groups is 1. The Morgan fingerprint density at radius 2 is 2.00 bits per heavy atom. The summed E-state index contributed by atoms with van der Waals surface area (Å²) in [4.78, 5) is 33.7. The molecule has 1 fully saturated rings. The maximum atomic E-state index is 14.9. The van der Waals surface area contributed by atoms with Gasteiger partial charge in [-0.15, -0.1) is 0 Å². The van der Waals surface area contributed by atoms with Gasteiger partial charge in [0.2, 0.25) is 11.7 Å². The Balaban J connectivity index is 1.23. The largest absolute Gasteiger partial charge is 0.476 e. The number of β-amino-alcohol motifs (C(OH)–C–C–N with tert-alkyl or cyclic N) is 1. The molecule has 1 aliphatic heterocycles. The van der Waals surface area contributed by atoms with Gasteiger partial charge in [0.25, 0.3) is 5.91 Å². The highest BCUT2D eigenvalue weighted by Gasteiger charge is 2.36. The minimum atomic E-state index is -1.21. The maximum Gasteiger partial charge on any atom is 0.251 e. The summed E-state index contributed by atoms with van der Waals surface area (Å²) in [6.07, 6.45) is 4.77. The summed E-state index contributed by atoms with van der Waals surface area (Å²) in [6, 6.07) is 8.96. The lowest BCUT2D eigenvalue weighted by Crippen LogP contribution is -2.43. The molecular formula is C30H30F2N8O4. The van der Waals surface area contributed by atoms with Crippen molar-refractivity contribution in [1.29, 1.82) is 5.26 Å². The number of aromatic nitrogens is 3. The van der Waals surface area contributed by atoms with E-state index in [1.165, 1.54) is 24.5 Å². The molecule has 0 aliphatic carbocycles. The van der Waals surface area contributed by atoms with Crippen molar-refractivity contribution < 1.29 is 28.2 Å². The number of anilines is 2. The molecule has 4 aromatic rings. The van der Waals surface area contributed by atoms with E-state index in [0.717, 1.165) is 0 Å². The fraction of sp³-hybridized carbons (Fsp3) is 0.300. The molecule has 2 aromatic carbocycles. The quantitative estimate of drug-likeness (QED) is 0.171. The molecule has 0 saturated carbocycles. The summed E-state index contributed by atoms with van der Waals surface area (Å²) in [5.74, 6) is -2.89. The summed E-state index contributed by atoms with van der Waals surface area (Å²) in [7, 11) is 0. The number of nitriles is 1. The molecule has 0 radical (unpaired) electrons. The van der Waals surface area contributed by atoms with E-state index in [1.807, 2.05) is 0 Å². The summed E-state index contributed by atoms with van der Waals surface area (Å²) < 4.78 is 36.0. The lowest BCUT2D eigenvalue weighted by atomic mass is 10.0. The van der Waals surface area contributed by atoms with E-state index in [1.54, 1.807) is 48.7 Å². The van der Waals surface area contributed by atoms with Crippen LogP contribution in [0.1, 0.15) is 29.3 Å². The smallest absolute Gasteiger partial charge is 0.251 e. The molecule has 2 amide bonds. The predicted octanol–water partition coefficient (Wildman–Crippen LogP) is 2.59. The third kappa shape index (κ3) is 6.43. The average molecular weight is 605 g/mol. The second kappa shape index (κ2) is 12.6. The Kier molecular flexibility index (Phi) is 8.70. The monoisotopic (exact) mass is 604 g/mol. The molecule has 228 valence electrons. The van der Waals surface area contributed by atoms with Crippen LogP contribution in [0.2, 0.25) is 0 Å². The molecule has 3 heterocycles. The molecule has 12 nitrogen and oxygen atoms in total. The number of hydrogen-bond acceptors (Lipinski definition) is 9. The van der Waals surface area contributed by atoms with Crippen molar-refractivity contribution in [2.75, 3.05) is 31.6 Å². The molecule has 0 spiro atoms. The normalized spacial score (nSPS) is 17.7. The standard InChI is InChI=1S/C30H30F2N8O4/c1-17-13-18(3-4-19(17)28(41)35-8-9-36-29(42)21-14-30(2,43)16-38-21)39-26-27-37-15-22(40(27)11-10-34-26)20-5-6-23(44-12-7-33)25(32)24(20)31/h3-6,10-11,13,15,21,38,43H,8-9,12,14,16H2,1-2H3,(H,34,39)(H,35,41)(H,36,42)/t21-,30-/m0/s1. The molecule has 0 bridgehead atoms. The number of aryl methyl sites for hydroxylation is 1. The highest BCUT2D eigenvalue weighted by molar-refractivity contribution is 5.96. The third-order valence-electron chi connectivity index (χ3n) is 7.18. The van der Waals surface area contributed by atoms with Crippen molar-refractivity contribution in [1.82, 2.24) is 30.3 Å². The van der Waals surface area contributed by atoms with Gasteiger partial charge in [0.1, 0.15) is 6.07 Å². The number of imidazole rings is 1. The number of hydrogen-bond donors (Lipinski definition) is 5. The van der Waals surface area contributed by atoms with E-state index < -0.39 is 29.9 Å². The van der Waals surface area contributed by atoms with Crippen LogP contribution in [0.15, 0.2) is 48.9 Å². The zero-order valence-electron chi connectivity index (χ0n) is 23.9. The maximum absolute atomic E-state index is 14.9. The zero-order valence-corrected chi connectivity index (χ0v) is 23.9. The minimum Gasteiger partial charge on any atom is -0.476 e. The van der Waals surface area contributed by atoms with Gasteiger partial charge in [-0.3, -0.25) is 14.0 Å². The summed E-state index contributed by atoms with van der Waals surface area (Å²) in [5, 5.41) is 30.3. The van der Waals surface area contributed by atoms with Crippen LogP contribution in [-0.2, 0) is 4.79 Å². The first-order chi connectivity index (χ1) is 21.1. The SMILES string of the molecule is Cc1cc(Nc2nccn3c(-c4ccc(OCC#N)c(F)c4F)cnc23)ccc1C(=O)NCCNC(=O)[C@@H]1C[C@](C)(O)CN1. The Labute approximate surface area is 251 Å². The number of fused-ring (bicyclic) bond motifs is 1. The van der Waals surface area contributed by atoms with E-state index in [4.69, 9.17) is 10.00 Å². The number of nitrogens with zero attached hydrogens (tertiary/aromatic N) is 4. The van der Waals surface area contributed by atoms with Gasteiger partial charge in [-0.1, -0.05) is 0 Å². The van der Waals surface area contributed by atoms with Gasteiger partial charge in [0, 0.05) is 55.3 Å². The fourth-order valence-corrected chi connectivity index (χ4v) is 4.98. The summed E-state index contributed by atoms with van der Waals surface area (Å²) in [6.45, 7) is 3.84. The van der Waals surface area contributed by atoms with Gasteiger partial charge in [-0.25, -0.2) is 14.4 Å². The number of amides is 2. The number of rotatable bonds is 10. The van der Waals surface area contributed by atoms with Crippen LogP contribution < -0.4 is 26.0 Å². The molecule has 2 atom stereocenters. The number of halogens is 2.